The number of hydrogen-bond acceptors (Lipinski definition) is 4. The summed E-state index contributed by atoms with van der Waals surface area (Å²) in [6, 6.07) is 3.86. The molecule has 192 valence electrons. The monoisotopic (exact) mass is 494 g/mol. The van der Waals surface area contributed by atoms with Gasteiger partial charge in [-0.25, -0.2) is 9.38 Å². The van der Waals surface area contributed by atoms with E-state index in [2.05, 4.69) is 36.1 Å². The number of amides is 1. The molecule has 1 fully saturated rings. The van der Waals surface area contributed by atoms with E-state index < -0.39 is 30.2 Å². The summed E-state index contributed by atoms with van der Waals surface area (Å²) < 4.78 is 56.0. The summed E-state index contributed by atoms with van der Waals surface area (Å²) in [6.07, 6.45) is -0.828. The summed E-state index contributed by atoms with van der Waals surface area (Å²) in [6.45, 7) is 11.0. The molecule has 5 nitrogen and oxygen atoms in total. The molecule has 3 N–H and O–H groups in total. The lowest BCUT2D eigenvalue weighted by Gasteiger charge is -2.31. The van der Waals surface area contributed by atoms with E-state index in [9.17, 15) is 22.4 Å². The zero-order valence-corrected chi connectivity index (χ0v) is 20.7. The Morgan fingerprint density at radius 3 is 2.54 bits per heavy atom. The smallest absolute Gasteiger partial charge is 0.381 e. The fourth-order valence-corrected chi connectivity index (χ4v) is 4.47. The predicted octanol–water partition coefficient (Wildman–Crippen LogP) is 6.77. The molecule has 1 saturated heterocycles. The Morgan fingerprint density at radius 1 is 1.31 bits per heavy atom. The van der Waals surface area contributed by atoms with Crippen molar-refractivity contribution in [3.8, 4) is 0 Å². The molecule has 1 heterocycles. The standard InChI is InChI=1S/C26H34F4N4O/c1-6-9-15(4)20(10-7-2)33-21-13-17(27)11-12-18(21)24(31)16(5)23-19(26(28,29)30)14-22(35)34-25(23)32-8-3/h8,11-13,15,19-20,31,33H,3,6-7,9-10,14H2,1-2,4-5H3,(H,32,34,35)/b23-16+,31-24?. The Hall–Kier alpha value is -2.97. The molecular weight excluding hydrogens is 460 g/mol. The molecule has 35 heavy (non-hydrogen) atoms. The van der Waals surface area contributed by atoms with Gasteiger partial charge in [-0.05, 0) is 49.5 Å². The van der Waals surface area contributed by atoms with Gasteiger partial charge in [0.25, 0.3) is 0 Å². The van der Waals surface area contributed by atoms with Crippen LogP contribution in [-0.2, 0) is 4.79 Å². The number of alkyl halides is 3. The number of benzene rings is 1. The zero-order valence-electron chi connectivity index (χ0n) is 20.7. The van der Waals surface area contributed by atoms with E-state index in [1.54, 1.807) is 0 Å². The molecule has 1 aromatic rings. The van der Waals surface area contributed by atoms with Crippen LogP contribution in [0, 0.1) is 23.1 Å². The van der Waals surface area contributed by atoms with Crippen LogP contribution in [0.5, 0.6) is 0 Å². The first-order valence-electron chi connectivity index (χ1n) is 11.9. The van der Waals surface area contributed by atoms with Gasteiger partial charge in [-0.15, -0.1) is 0 Å². The fourth-order valence-electron chi connectivity index (χ4n) is 4.47. The maximum Gasteiger partial charge on any atom is 0.396 e. The topological polar surface area (TPSA) is 77.3 Å². The van der Waals surface area contributed by atoms with Crippen molar-refractivity contribution < 1.29 is 22.4 Å². The number of anilines is 1. The number of carbonyl (C=O) groups is 1. The highest BCUT2D eigenvalue weighted by atomic mass is 19.4. The molecule has 0 aliphatic carbocycles. The summed E-state index contributed by atoms with van der Waals surface area (Å²) >= 11 is 0. The van der Waals surface area contributed by atoms with Crippen LogP contribution in [0.2, 0.25) is 0 Å². The first kappa shape index (κ1) is 28.3. The van der Waals surface area contributed by atoms with E-state index in [1.807, 2.05) is 6.92 Å². The molecule has 1 aromatic carbocycles. The fraction of sp³-hybridized carbons (Fsp3) is 0.500. The van der Waals surface area contributed by atoms with E-state index in [0.717, 1.165) is 31.9 Å². The van der Waals surface area contributed by atoms with Gasteiger partial charge in [0.2, 0.25) is 5.91 Å². The summed E-state index contributed by atoms with van der Waals surface area (Å²) in [5, 5.41) is 14.5. The number of nitrogens with one attached hydrogen (secondary N) is 3. The molecule has 9 heteroatoms. The Morgan fingerprint density at radius 2 is 1.97 bits per heavy atom. The van der Waals surface area contributed by atoms with Crippen molar-refractivity contribution in [2.24, 2.45) is 16.8 Å². The van der Waals surface area contributed by atoms with Gasteiger partial charge in [0.15, 0.2) is 0 Å². The van der Waals surface area contributed by atoms with Crippen molar-refractivity contribution in [3.63, 3.8) is 0 Å². The summed E-state index contributed by atoms with van der Waals surface area (Å²) in [4.78, 5) is 15.8. The number of allylic oxidation sites excluding steroid dienone is 1. The van der Waals surface area contributed by atoms with Gasteiger partial charge < -0.3 is 10.6 Å². The van der Waals surface area contributed by atoms with Crippen LogP contribution >= 0.6 is 0 Å². The van der Waals surface area contributed by atoms with Gasteiger partial charge >= 0.3 is 6.18 Å². The van der Waals surface area contributed by atoms with Gasteiger partial charge in [-0.1, -0.05) is 40.2 Å². The van der Waals surface area contributed by atoms with Crippen molar-refractivity contribution in [1.82, 2.24) is 5.32 Å². The Labute approximate surface area is 204 Å². The summed E-state index contributed by atoms with van der Waals surface area (Å²) in [5.74, 6) is -3.45. The van der Waals surface area contributed by atoms with E-state index in [4.69, 9.17) is 5.41 Å². The highest BCUT2D eigenvalue weighted by Gasteiger charge is 2.48. The normalized spacial score (nSPS) is 20.7. The van der Waals surface area contributed by atoms with Gasteiger partial charge in [0, 0.05) is 35.5 Å². The lowest BCUT2D eigenvalue weighted by molar-refractivity contribution is -0.169. The number of hydrogen-bond donors (Lipinski definition) is 3. The maximum atomic E-state index is 14.2. The van der Waals surface area contributed by atoms with Crippen LogP contribution in [0.15, 0.2) is 47.1 Å². The highest BCUT2D eigenvalue weighted by Crippen LogP contribution is 2.39. The lowest BCUT2D eigenvalue weighted by Crippen LogP contribution is -2.46. The van der Waals surface area contributed by atoms with Crippen molar-refractivity contribution >= 4 is 23.1 Å². The minimum atomic E-state index is -4.72. The third-order valence-electron chi connectivity index (χ3n) is 6.27. The largest absolute Gasteiger partial charge is 0.396 e. The molecule has 1 aliphatic heterocycles. The van der Waals surface area contributed by atoms with Crippen LogP contribution in [0.25, 0.3) is 0 Å². The molecule has 1 aliphatic rings. The Bertz CT molecular complexity index is 1010. The number of halogens is 4. The van der Waals surface area contributed by atoms with Gasteiger partial charge in [0.1, 0.15) is 11.7 Å². The molecule has 0 spiro atoms. The number of rotatable bonds is 10. The second-order valence-corrected chi connectivity index (χ2v) is 8.92. The average molecular weight is 495 g/mol. The van der Waals surface area contributed by atoms with Crippen molar-refractivity contribution in [1.29, 1.82) is 5.41 Å². The molecule has 0 bridgehead atoms. The minimum absolute atomic E-state index is 0.00349. The Balaban J connectivity index is 2.61. The second kappa shape index (κ2) is 12.1. The minimum Gasteiger partial charge on any atom is -0.381 e. The van der Waals surface area contributed by atoms with Crippen molar-refractivity contribution in [3.05, 3.63) is 53.5 Å². The molecule has 1 amide bonds. The molecule has 0 saturated carbocycles. The van der Waals surface area contributed by atoms with E-state index >= 15 is 0 Å². The van der Waals surface area contributed by atoms with Crippen LogP contribution in [0.1, 0.15) is 65.4 Å². The predicted molar refractivity (Wildman–Crippen MR) is 132 cm³/mol. The quantitative estimate of drug-likeness (QED) is 0.248. The highest BCUT2D eigenvalue weighted by molar-refractivity contribution is 6.20. The average Bonchev–Trinajstić information content (AvgIpc) is 2.77. The number of piperidine rings is 1. The third-order valence-corrected chi connectivity index (χ3v) is 6.27. The molecule has 3 atom stereocenters. The van der Waals surface area contributed by atoms with Gasteiger partial charge in [-0.3, -0.25) is 10.2 Å². The third kappa shape index (κ3) is 7.02. The van der Waals surface area contributed by atoms with Crippen molar-refractivity contribution in [2.75, 3.05) is 5.32 Å². The zero-order chi connectivity index (χ0) is 26.3. The van der Waals surface area contributed by atoms with Crippen LogP contribution in [-0.4, -0.2) is 29.7 Å². The first-order valence-corrected chi connectivity index (χ1v) is 11.9. The number of nitrogens with zero attached hydrogens (tertiary/aromatic N) is 1. The summed E-state index contributed by atoms with van der Waals surface area (Å²) in [5.41, 5.74) is 0.125. The van der Waals surface area contributed by atoms with Crippen LogP contribution in [0.3, 0.4) is 0 Å². The van der Waals surface area contributed by atoms with E-state index in [0.29, 0.717) is 5.69 Å². The number of amidine groups is 1. The lowest BCUT2D eigenvalue weighted by atomic mass is 9.84. The summed E-state index contributed by atoms with van der Waals surface area (Å²) in [7, 11) is 0. The SMILES string of the molecule is C=CN=C1NC(=O)CC(C(F)(F)F)/C1=C(/C)C(=N)c1ccc(F)cc1NC(CCC)C(C)CCC. The van der Waals surface area contributed by atoms with Gasteiger partial charge in [-0.2, -0.15) is 13.2 Å². The molecular formula is C26H34F4N4O. The van der Waals surface area contributed by atoms with Crippen molar-refractivity contribution in [2.45, 2.75) is 72.0 Å². The molecule has 0 radical (unpaired) electrons. The second-order valence-electron chi connectivity index (χ2n) is 8.92. The van der Waals surface area contributed by atoms with E-state index in [-0.39, 0.29) is 40.2 Å². The first-order chi connectivity index (χ1) is 16.4. The molecule has 0 aromatic heterocycles. The molecule has 3 unspecified atom stereocenters. The number of aliphatic imine (C=N–C) groups is 1. The van der Waals surface area contributed by atoms with Crippen LogP contribution in [0.4, 0.5) is 23.2 Å². The Kier molecular flexibility index (Phi) is 9.80. The van der Waals surface area contributed by atoms with Gasteiger partial charge in [0.05, 0.1) is 11.6 Å². The van der Waals surface area contributed by atoms with E-state index in [1.165, 1.54) is 25.1 Å². The molecule has 2 rings (SSSR count). The maximum absolute atomic E-state index is 14.2. The number of carbonyl (C=O) groups excluding carboxylic acids is 1. The van der Waals surface area contributed by atoms with Crippen LogP contribution < -0.4 is 10.6 Å².